The van der Waals surface area contributed by atoms with Crippen molar-refractivity contribution in [3.63, 3.8) is 0 Å². The van der Waals surface area contributed by atoms with Gasteiger partial charge in [-0.05, 0) is 47.9 Å². The Bertz CT molecular complexity index is 1070. The number of oxime groups is 1. The third kappa shape index (κ3) is 7.39. The van der Waals surface area contributed by atoms with Gasteiger partial charge in [0.25, 0.3) is 5.91 Å². The summed E-state index contributed by atoms with van der Waals surface area (Å²) in [5.41, 5.74) is 3.74. The third-order valence-corrected chi connectivity index (χ3v) is 6.81. The molecule has 1 aliphatic rings. The Morgan fingerprint density at radius 3 is 2.22 bits per heavy atom. The van der Waals surface area contributed by atoms with Crippen molar-refractivity contribution in [1.82, 2.24) is 5.32 Å². The van der Waals surface area contributed by atoms with Crippen molar-refractivity contribution in [2.24, 2.45) is 11.1 Å². The predicted molar refractivity (Wildman–Crippen MR) is 143 cm³/mol. The molecule has 200 valence electrons. The molecule has 0 radical (unpaired) electrons. The van der Waals surface area contributed by atoms with Gasteiger partial charge in [0.1, 0.15) is 30.4 Å². The topological polar surface area (TPSA) is 116 Å². The van der Waals surface area contributed by atoms with Gasteiger partial charge in [0, 0.05) is 31.3 Å². The van der Waals surface area contributed by atoms with Crippen LogP contribution in [0.25, 0.3) is 11.1 Å². The fourth-order valence-electron chi connectivity index (χ4n) is 4.35. The Labute approximate surface area is 221 Å². The van der Waals surface area contributed by atoms with E-state index in [1.54, 1.807) is 26.0 Å². The molecule has 2 aromatic rings. The highest BCUT2D eigenvalue weighted by molar-refractivity contribution is 7.97. The van der Waals surface area contributed by atoms with E-state index in [-0.39, 0.29) is 18.1 Å². The van der Waals surface area contributed by atoms with Crippen molar-refractivity contribution >= 4 is 29.4 Å². The Morgan fingerprint density at radius 2 is 1.70 bits per heavy atom. The summed E-state index contributed by atoms with van der Waals surface area (Å²) in [7, 11) is 4.61. The Morgan fingerprint density at radius 1 is 1.08 bits per heavy atom. The molecule has 0 aliphatic carbocycles. The Kier molecular flexibility index (Phi) is 10.6. The lowest BCUT2D eigenvalue weighted by Gasteiger charge is -2.23. The first kappa shape index (κ1) is 28.3. The molecule has 37 heavy (non-hydrogen) atoms. The number of nitrogens with one attached hydrogen (secondary N) is 1. The lowest BCUT2D eigenvalue weighted by molar-refractivity contribution is -0.141. The normalized spacial score (nSPS) is 15.1. The van der Waals surface area contributed by atoms with E-state index in [0.29, 0.717) is 37.6 Å². The summed E-state index contributed by atoms with van der Waals surface area (Å²) >= 11 is 1.71. The van der Waals surface area contributed by atoms with Crippen LogP contribution in [0.1, 0.15) is 24.0 Å². The number of ether oxygens (including phenoxy) is 3. The van der Waals surface area contributed by atoms with Gasteiger partial charge in [-0.15, -0.1) is 0 Å². The molecule has 0 aromatic heterocycles. The van der Waals surface area contributed by atoms with Crippen LogP contribution < -0.4 is 14.8 Å². The molecule has 1 atom stereocenters. The van der Waals surface area contributed by atoms with Crippen LogP contribution in [0.5, 0.6) is 11.5 Å². The maximum atomic E-state index is 12.9. The molecule has 2 N–H and O–H groups in total. The van der Waals surface area contributed by atoms with Gasteiger partial charge in [0.15, 0.2) is 0 Å². The summed E-state index contributed by atoms with van der Waals surface area (Å²) in [6, 6.07) is 10.3. The maximum absolute atomic E-state index is 12.9. The Hall–Kier alpha value is -3.24. The molecule has 1 saturated heterocycles. The number of amides is 1. The second-order valence-electron chi connectivity index (χ2n) is 8.62. The summed E-state index contributed by atoms with van der Waals surface area (Å²) < 4.78 is 16.7. The molecule has 0 bridgehead atoms. The van der Waals surface area contributed by atoms with Gasteiger partial charge < -0.3 is 29.5 Å². The number of rotatable bonds is 12. The van der Waals surface area contributed by atoms with Crippen LogP contribution in [-0.2, 0) is 31.3 Å². The molecule has 10 heteroatoms. The third-order valence-electron chi connectivity index (χ3n) is 6.19. The number of nitrogens with zero attached hydrogens (tertiary/aromatic N) is 1. The molecular formula is C27H34N2O7S. The van der Waals surface area contributed by atoms with Crippen LogP contribution >= 0.6 is 11.8 Å². The highest BCUT2D eigenvalue weighted by atomic mass is 32.2. The maximum Gasteiger partial charge on any atom is 0.326 e. The van der Waals surface area contributed by atoms with E-state index in [9.17, 15) is 14.7 Å². The van der Waals surface area contributed by atoms with E-state index in [4.69, 9.17) is 19.0 Å². The zero-order valence-corrected chi connectivity index (χ0v) is 22.4. The van der Waals surface area contributed by atoms with Crippen molar-refractivity contribution in [3.05, 3.63) is 47.5 Å². The van der Waals surface area contributed by atoms with Crippen molar-refractivity contribution in [2.45, 2.75) is 31.1 Å². The van der Waals surface area contributed by atoms with Crippen LogP contribution in [0.3, 0.4) is 0 Å². The molecule has 1 amide bonds. The van der Waals surface area contributed by atoms with Crippen LogP contribution in [-0.4, -0.2) is 69.5 Å². The summed E-state index contributed by atoms with van der Waals surface area (Å²) in [6.07, 6.45) is 3.39. The van der Waals surface area contributed by atoms with Crippen molar-refractivity contribution in [2.75, 3.05) is 40.8 Å². The first-order valence-corrected chi connectivity index (χ1v) is 13.4. The fourth-order valence-corrected chi connectivity index (χ4v) is 4.85. The van der Waals surface area contributed by atoms with Crippen molar-refractivity contribution < 1.29 is 33.7 Å². The molecule has 2 aromatic carbocycles. The van der Waals surface area contributed by atoms with Crippen LogP contribution in [0, 0.1) is 5.92 Å². The number of thioether (sulfide) groups is 1. The summed E-state index contributed by atoms with van der Waals surface area (Å²) in [5, 5.41) is 16.3. The number of methoxy groups -OCH3 is 2. The molecule has 0 saturated carbocycles. The zero-order valence-electron chi connectivity index (χ0n) is 21.6. The summed E-state index contributed by atoms with van der Waals surface area (Å²) in [4.78, 5) is 29.8. The van der Waals surface area contributed by atoms with Gasteiger partial charge in [-0.1, -0.05) is 29.4 Å². The van der Waals surface area contributed by atoms with Gasteiger partial charge in [-0.2, -0.15) is 11.8 Å². The van der Waals surface area contributed by atoms with Gasteiger partial charge in [0.05, 0.1) is 19.8 Å². The van der Waals surface area contributed by atoms with Gasteiger partial charge in [0.2, 0.25) is 0 Å². The van der Waals surface area contributed by atoms with Crippen LogP contribution in [0.2, 0.25) is 0 Å². The van der Waals surface area contributed by atoms with Crippen molar-refractivity contribution in [3.8, 4) is 22.6 Å². The predicted octanol–water partition coefficient (Wildman–Crippen LogP) is 3.77. The second-order valence-corrected chi connectivity index (χ2v) is 9.49. The SMILES string of the molecule is CON=C(C(=O)N[C@@H](Cc1ccc(-c2c(OC)cc(CSC)cc2OC)cc1)C(=O)O)C1CCOCC1. The van der Waals surface area contributed by atoms with E-state index in [0.717, 1.165) is 28.0 Å². The number of carbonyl (C=O) groups is 2. The summed E-state index contributed by atoms with van der Waals surface area (Å²) in [5.74, 6) is 0.412. The fraction of sp³-hybridized carbons (Fsp3) is 0.444. The van der Waals surface area contributed by atoms with Crippen molar-refractivity contribution in [1.29, 1.82) is 0 Å². The van der Waals surface area contributed by atoms with Crippen LogP contribution in [0.15, 0.2) is 41.6 Å². The molecule has 9 nitrogen and oxygen atoms in total. The number of carbonyl (C=O) groups excluding carboxylic acids is 1. The van der Waals surface area contributed by atoms with Gasteiger partial charge in [-0.3, -0.25) is 4.79 Å². The monoisotopic (exact) mass is 530 g/mol. The molecule has 0 spiro atoms. The molecule has 1 heterocycles. The van der Waals surface area contributed by atoms with E-state index < -0.39 is 17.9 Å². The number of benzene rings is 2. The first-order chi connectivity index (χ1) is 17.9. The zero-order chi connectivity index (χ0) is 26.8. The average molecular weight is 531 g/mol. The molecule has 1 aliphatic heterocycles. The molecule has 1 fully saturated rings. The number of carboxylic acid groups (broad SMARTS) is 1. The molecule has 0 unspecified atom stereocenters. The highest BCUT2D eigenvalue weighted by Crippen LogP contribution is 2.40. The lowest BCUT2D eigenvalue weighted by Crippen LogP contribution is -2.47. The molecular weight excluding hydrogens is 496 g/mol. The number of hydrogen-bond donors (Lipinski definition) is 2. The minimum absolute atomic E-state index is 0.107. The van der Waals surface area contributed by atoms with E-state index >= 15 is 0 Å². The summed E-state index contributed by atoms with van der Waals surface area (Å²) in [6.45, 7) is 1.04. The number of aliphatic carboxylic acids is 1. The smallest absolute Gasteiger partial charge is 0.326 e. The minimum atomic E-state index is -1.13. The lowest BCUT2D eigenvalue weighted by atomic mass is 9.93. The first-order valence-electron chi connectivity index (χ1n) is 12.0. The largest absolute Gasteiger partial charge is 0.496 e. The Balaban J connectivity index is 1.79. The van der Waals surface area contributed by atoms with Gasteiger partial charge >= 0.3 is 5.97 Å². The van der Waals surface area contributed by atoms with E-state index in [1.165, 1.54) is 7.11 Å². The highest BCUT2D eigenvalue weighted by Gasteiger charge is 2.29. The number of carboxylic acids is 1. The average Bonchev–Trinajstić information content (AvgIpc) is 2.91. The quantitative estimate of drug-likeness (QED) is 0.315. The number of hydrogen-bond acceptors (Lipinski definition) is 8. The van der Waals surface area contributed by atoms with Crippen LogP contribution in [0.4, 0.5) is 0 Å². The van der Waals surface area contributed by atoms with Gasteiger partial charge in [-0.25, -0.2) is 4.79 Å². The second kappa shape index (κ2) is 13.9. The standard InChI is InChI=1S/C27H34N2O7S/c1-33-22-14-18(16-37-4)15-23(34-2)24(22)19-7-5-17(6-8-19)13-21(27(31)32)28-26(30)25(29-35-3)20-9-11-36-12-10-20/h5-8,14-15,20-21H,9-13,16H2,1-4H3,(H,28,30)(H,31,32)/t21-/m0/s1. The van der Waals surface area contributed by atoms with E-state index in [2.05, 4.69) is 10.5 Å². The van der Waals surface area contributed by atoms with E-state index in [1.807, 2.05) is 42.7 Å². The minimum Gasteiger partial charge on any atom is -0.496 e. The molecule has 3 rings (SSSR count).